The molecule has 0 bridgehead atoms. The van der Waals surface area contributed by atoms with E-state index in [1.54, 1.807) is 18.2 Å². The maximum absolute atomic E-state index is 15.9. The molecular formula is C32H33F3N4O3S. The van der Waals surface area contributed by atoms with Gasteiger partial charge in [-0.05, 0) is 55.7 Å². The number of ether oxygens (including phenoxy) is 1. The standard InChI is InChI=1S/C32H33F3N4O3S/c1-21-9-10-24(29(15-21)42-3)19-39(30-12-11-25(33)17-36-30)43(40,41)32-27(34)16-28(22(2)31(32)35)37-26-13-14-38(20-26)18-23-7-5-4-6-8-23/h4-12,15-17,26,37H,13-14,18-20H2,1-3H3/t26-/m0/s1. The Kier molecular flexibility index (Phi) is 8.93. The average Bonchev–Trinajstić information content (AvgIpc) is 3.42. The molecule has 1 fully saturated rings. The van der Waals surface area contributed by atoms with E-state index >= 15 is 8.78 Å². The summed E-state index contributed by atoms with van der Waals surface area (Å²) in [6, 6.07) is 18.3. The second-order valence-corrected chi connectivity index (χ2v) is 12.5. The van der Waals surface area contributed by atoms with E-state index in [1.807, 2.05) is 25.1 Å². The molecule has 0 saturated carbocycles. The fourth-order valence-electron chi connectivity index (χ4n) is 5.29. The van der Waals surface area contributed by atoms with Gasteiger partial charge in [0.05, 0.1) is 19.9 Å². The van der Waals surface area contributed by atoms with Crippen molar-refractivity contribution in [1.29, 1.82) is 0 Å². The molecule has 226 valence electrons. The maximum atomic E-state index is 15.9. The Morgan fingerprint density at radius 1 is 1.05 bits per heavy atom. The topological polar surface area (TPSA) is 74.8 Å². The number of hydrogen-bond donors (Lipinski definition) is 1. The predicted octanol–water partition coefficient (Wildman–Crippen LogP) is 6.21. The minimum Gasteiger partial charge on any atom is -0.496 e. The van der Waals surface area contributed by atoms with Crippen LogP contribution in [0, 0.1) is 31.3 Å². The molecule has 1 atom stereocenters. The van der Waals surface area contributed by atoms with Crippen molar-refractivity contribution in [3.8, 4) is 5.75 Å². The SMILES string of the molecule is COc1cc(C)ccc1CN(c1ccc(F)cn1)S(=O)(=O)c1c(F)cc(N[C@H]2CCN(Cc3ccccc3)C2)c(C)c1F. The lowest BCUT2D eigenvalue weighted by Crippen LogP contribution is -2.33. The highest BCUT2D eigenvalue weighted by Gasteiger charge is 2.35. The molecule has 0 radical (unpaired) electrons. The molecule has 0 spiro atoms. The van der Waals surface area contributed by atoms with Crippen LogP contribution < -0.4 is 14.4 Å². The summed E-state index contributed by atoms with van der Waals surface area (Å²) in [6.45, 7) is 5.14. The number of pyridine rings is 1. The number of likely N-dealkylation sites (tertiary alicyclic amines) is 1. The molecule has 7 nitrogen and oxygen atoms in total. The quantitative estimate of drug-likeness (QED) is 0.230. The number of anilines is 2. The van der Waals surface area contributed by atoms with Crippen molar-refractivity contribution in [3.63, 3.8) is 0 Å². The minimum absolute atomic E-state index is 0.0265. The molecule has 1 saturated heterocycles. The predicted molar refractivity (Wildman–Crippen MR) is 160 cm³/mol. The van der Waals surface area contributed by atoms with Gasteiger partial charge in [-0.25, -0.2) is 30.9 Å². The Balaban J connectivity index is 1.45. The zero-order valence-electron chi connectivity index (χ0n) is 24.1. The number of aromatic nitrogens is 1. The number of rotatable bonds is 10. The first-order chi connectivity index (χ1) is 20.6. The van der Waals surface area contributed by atoms with Gasteiger partial charge >= 0.3 is 0 Å². The summed E-state index contributed by atoms with van der Waals surface area (Å²) in [5, 5.41) is 3.21. The first-order valence-corrected chi connectivity index (χ1v) is 15.3. The molecule has 4 aromatic rings. The van der Waals surface area contributed by atoms with Gasteiger partial charge in [-0.3, -0.25) is 4.90 Å². The summed E-state index contributed by atoms with van der Waals surface area (Å²) in [7, 11) is -3.43. The van der Waals surface area contributed by atoms with Gasteiger partial charge in [-0.15, -0.1) is 0 Å². The largest absolute Gasteiger partial charge is 0.496 e. The summed E-state index contributed by atoms with van der Waals surface area (Å²) < 4.78 is 79.5. The van der Waals surface area contributed by atoms with Gasteiger partial charge in [0.25, 0.3) is 10.0 Å². The van der Waals surface area contributed by atoms with Gasteiger partial charge in [-0.2, -0.15) is 0 Å². The summed E-state index contributed by atoms with van der Waals surface area (Å²) in [5.74, 6) is -2.95. The van der Waals surface area contributed by atoms with E-state index < -0.39 is 32.4 Å². The molecule has 1 N–H and O–H groups in total. The third-order valence-electron chi connectivity index (χ3n) is 7.57. The van der Waals surface area contributed by atoms with Crippen LogP contribution in [-0.2, 0) is 23.1 Å². The van der Waals surface area contributed by atoms with Gasteiger partial charge in [0, 0.05) is 42.5 Å². The Hall–Kier alpha value is -4.09. The molecular weight excluding hydrogens is 577 g/mol. The van der Waals surface area contributed by atoms with Crippen LogP contribution in [0.15, 0.2) is 77.8 Å². The molecule has 0 aliphatic carbocycles. The van der Waals surface area contributed by atoms with E-state index in [1.165, 1.54) is 19.6 Å². The fourth-order valence-corrected chi connectivity index (χ4v) is 6.86. The maximum Gasteiger partial charge on any atom is 0.271 e. The number of nitrogens with one attached hydrogen (secondary N) is 1. The second-order valence-electron chi connectivity index (χ2n) is 10.7. The van der Waals surface area contributed by atoms with Crippen molar-refractivity contribution in [2.75, 3.05) is 29.8 Å². The highest BCUT2D eigenvalue weighted by molar-refractivity contribution is 7.92. The second kappa shape index (κ2) is 12.6. The molecule has 0 amide bonds. The van der Waals surface area contributed by atoms with Crippen molar-refractivity contribution in [3.05, 3.63) is 113 Å². The number of hydrogen-bond acceptors (Lipinski definition) is 6. The highest BCUT2D eigenvalue weighted by atomic mass is 32.2. The molecule has 43 heavy (non-hydrogen) atoms. The summed E-state index contributed by atoms with van der Waals surface area (Å²) in [5.41, 5.74) is 2.64. The molecule has 0 unspecified atom stereocenters. The van der Waals surface area contributed by atoms with E-state index in [0.717, 1.165) is 53.8 Å². The number of benzene rings is 3. The highest BCUT2D eigenvalue weighted by Crippen LogP contribution is 2.34. The first-order valence-electron chi connectivity index (χ1n) is 13.9. The molecule has 3 aromatic carbocycles. The molecule has 5 rings (SSSR count). The Labute approximate surface area is 250 Å². The first kappa shape index (κ1) is 30.4. The van der Waals surface area contributed by atoms with Crippen molar-refractivity contribution in [1.82, 2.24) is 9.88 Å². The van der Waals surface area contributed by atoms with Gasteiger partial charge < -0.3 is 10.1 Å². The van der Waals surface area contributed by atoms with Crippen LogP contribution >= 0.6 is 0 Å². The van der Waals surface area contributed by atoms with Crippen molar-refractivity contribution < 1.29 is 26.3 Å². The van der Waals surface area contributed by atoms with Crippen LogP contribution in [0.3, 0.4) is 0 Å². The number of halogens is 3. The number of aryl methyl sites for hydroxylation is 1. The Bertz CT molecular complexity index is 1700. The van der Waals surface area contributed by atoms with E-state index in [0.29, 0.717) is 17.9 Å². The summed E-state index contributed by atoms with van der Waals surface area (Å²) >= 11 is 0. The smallest absolute Gasteiger partial charge is 0.271 e. The average molecular weight is 611 g/mol. The van der Waals surface area contributed by atoms with Crippen LogP contribution in [0.1, 0.15) is 28.7 Å². The number of nitrogens with zero attached hydrogens (tertiary/aromatic N) is 3. The van der Waals surface area contributed by atoms with Crippen molar-refractivity contribution in [2.45, 2.75) is 44.3 Å². The Morgan fingerprint density at radius 2 is 1.81 bits per heavy atom. The van der Waals surface area contributed by atoms with Gasteiger partial charge in [0.1, 0.15) is 23.2 Å². The molecule has 11 heteroatoms. The molecule has 1 aromatic heterocycles. The van der Waals surface area contributed by atoms with Crippen molar-refractivity contribution >= 4 is 21.5 Å². The van der Waals surface area contributed by atoms with Gasteiger partial charge in [0.15, 0.2) is 10.7 Å². The van der Waals surface area contributed by atoms with Crippen LogP contribution in [0.4, 0.5) is 24.7 Å². The van der Waals surface area contributed by atoms with E-state index in [2.05, 4.69) is 27.3 Å². The number of methoxy groups -OCH3 is 1. The molecule has 1 aliphatic heterocycles. The lowest BCUT2D eigenvalue weighted by molar-refractivity contribution is 0.328. The van der Waals surface area contributed by atoms with E-state index in [4.69, 9.17) is 4.74 Å². The zero-order valence-corrected chi connectivity index (χ0v) is 25.0. The third kappa shape index (κ3) is 6.62. The minimum atomic E-state index is -4.86. The summed E-state index contributed by atoms with van der Waals surface area (Å²) in [4.78, 5) is 5.06. The fraction of sp³-hybridized carbons (Fsp3) is 0.281. The van der Waals surface area contributed by atoms with Crippen LogP contribution in [0.2, 0.25) is 0 Å². The van der Waals surface area contributed by atoms with E-state index in [-0.39, 0.29) is 29.7 Å². The normalized spacial score (nSPS) is 15.4. The van der Waals surface area contributed by atoms with E-state index in [9.17, 15) is 12.8 Å². The molecule has 1 aliphatic rings. The lowest BCUT2D eigenvalue weighted by Gasteiger charge is -2.26. The van der Waals surface area contributed by atoms with Crippen LogP contribution in [-0.4, -0.2) is 44.5 Å². The van der Waals surface area contributed by atoms with Crippen molar-refractivity contribution in [2.24, 2.45) is 0 Å². The van der Waals surface area contributed by atoms with Gasteiger partial charge in [-0.1, -0.05) is 42.5 Å². The number of sulfonamides is 1. The third-order valence-corrected chi connectivity index (χ3v) is 9.36. The van der Waals surface area contributed by atoms with Crippen LogP contribution in [0.25, 0.3) is 0 Å². The summed E-state index contributed by atoms with van der Waals surface area (Å²) in [6.07, 6.45) is 1.61. The lowest BCUT2D eigenvalue weighted by atomic mass is 10.1. The Morgan fingerprint density at radius 3 is 2.51 bits per heavy atom. The van der Waals surface area contributed by atoms with Gasteiger partial charge in [0.2, 0.25) is 0 Å². The monoisotopic (exact) mass is 610 g/mol. The zero-order chi connectivity index (χ0) is 30.7. The van der Waals surface area contributed by atoms with Crippen LogP contribution in [0.5, 0.6) is 5.75 Å². The molecule has 2 heterocycles.